The minimum atomic E-state index is -4.47. The number of alkyl halides is 3. The van der Waals surface area contributed by atoms with Crippen molar-refractivity contribution >= 4 is 21.9 Å². The number of aromatic amines is 1. The summed E-state index contributed by atoms with van der Waals surface area (Å²) in [6.45, 7) is 1.80. The summed E-state index contributed by atoms with van der Waals surface area (Å²) in [6, 6.07) is 6.05. The van der Waals surface area contributed by atoms with Crippen LogP contribution >= 0.6 is 0 Å². The zero-order valence-electron chi connectivity index (χ0n) is 10.8. The molecule has 0 radical (unpaired) electrons. The van der Waals surface area contributed by atoms with Gasteiger partial charge in [-0.05, 0) is 25.1 Å². The van der Waals surface area contributed by atoms with Gasteiger partial charge in [0, 0.05) is 17.1 Å². The highest BCUT2D eigenvalue weighted by molar-refractivity contribution is 6.05. The average molecular weight is 280 g/mol. The first kappa shape index (κ1) is 12.8. The van der Waals surface area contributed by atoms with Crippen LogP contribution in [0.5, 0.6) is 5.75 Å². The van der Waals surface area contributed by atoms with Gasteiger partial charge in [0.05, 0.1) is 29.2 Å². The van der Waals surface area contributed by atoms with Crippen LogP contribution in [0.1, 0.15) is 11.3 Å². The van der Waals surface area contributed by atoms with Gasteiger partial charge >= 0.3 is 6.18 Å². The average Bonchev–Trinajstić information content (AvgIpc) is 2.73. The van der Waals surface area contributed by atoms with Crippen LogP contribution in [0.15, 0.2) is 24.3 Å². The molecule has 0 bridgehead atoms. The molecule has 0 unspecified atom stereocenters. The molecule has 20 heavy (non-hydrogen) atoms. The molecule has 0 saturated heterocycles. The number of aryl methyl sites for hydroxylation is 1. The SMILES string of the molecule is COc1cc2[nH]c3ccc(C)nc3c2cc1C(F)(F)F. The number of rotatable bonds is 1. The van der Waals surface area contributed by atoms with Crippen molar-refractivity contribution < 1.29 is 17.9 Å². The maximum atomic E-state index is 13.0. The summed E-state index contributed by atoms with van der Waals surface area (Å²) in [5.41, 5.74) is 1.77. The predicted octanol–water partition coefficient (Wildman–Crippen LogP) is 4.05. The van der Waals surface area contributed by atoms with Crippen LogP contribution < -0.4 is 4.74 Å². The molecule has 0 saturated carbocycles. The van der Waals surface area contributed by atoms with E-state index in [4.69, 9.17) is 4.74 Å². The smallest absolute Gasteiger partial charge is 0.419 e. The van der Waals surface area contributed by atoms with Crippen molar-refractivity contribution in [1.29, 1.82) is 0 Å². The zero-order valence-corrected chi connectivity index (χ0v) is 10.8. The number of aromatic nitrogens is 2. The molecule has 3 rings (SSSR count). The number of ether oxygens (including phenoxy) is 1. The highest BCUT2D eigenvalue weighted by Crippen LogP contribution is 2.40. The van der Waals surface area contributed by atoms with E-state index >= 15 is 0 Å². The van der Waals surface area contributed by atoms with E-state index in [1.165, 1.54) is 13.2 Å². The van der Waals surface area contributed by atoms with Crippen molar-refractivity contribution in [2.75, 3.05) is 7.11 Å². The molecule has 3 aromatic rings. The van der Waals surface area contributed by atoms with Gasteiger partial charge in [0.2, 0.25) is 0 Å². The molecular weight excluding hydrogens is 269 g/mol. The van der Waals surface area contributed by atoms with Gasteiger partial charge in [0.25, 0.3) is 0 Å². The summed E-state index contributed by atoms with van der Waals surface area (Å²) in [7, 11) is 1.22. The highest BCUT2D eigenvalue weighted by Gasteiger charge is 2.35. The van der Waals surface area contributed by atoms with E-state index < -0.39 is 11.7 Å². The number of H-pyrrole nitrogens is 1. The van der Waals surface area contributed by atoms with Gasteiger partial charge in [-0.2, -0.15) is 13.2 Å². The summed E-state index contributed by atoms with van der Waals surface area (Å²) >= 11 is 0. The van der Waals surface area contributed by atoms with Gasteiger partial charge in [0.15, 0.2) is 0 Å². The van der Waals surface area contributed by atoms with Crippen LogP contribution in [0.3, 0.4) is 0 Å². The second-order valence-corrected chi connectivity index (χ2v) is 4.57. The standard InChI is InChI=1S/C14H11F3N2O/c1-7-3-4-10-13(18-7)8-5-9(14(15,16)17)12(20-2)6-11(8)19-10/h3-6,19H,1-2H3. The van der Waals surface area contributed by atoms with Crippen LogP contribution in [-0.2, 0) is 6.18 Å². The van der Waals surface area contributed by atoms with E-state index in [1.807, 2.05) is 0 Å². The third-order valence-corrected chi connectivity index (χ3v) is 3.20. The minimum absolute atomic E-state index is 0.201. The molecule has 0 aliphatic carbocycles. The minimum Gasteiger partial charge on any atom is -0.496 e. The molecule has 2 aromatic heterocycles. The Balaban J connectivity index is 2.41. The lowest BCUT2D eigenvalue weighted by Crippen LogP contribution is -2.07. The van der Waals surface area contributed by atoms with Crippen LogP contribution in [0.25, 0.3) is 21.9 Å². The molecule has 1 aromatic carbocycles. The molecule has 0 atom stereocenters. The Morgan fingerprint density at radius 3 is 2.55 bits per heavy atom. The molecule has 0 fully saturated rings. The van der Waals surface area contributed by atoms with Crippen LogP contribution in [0.4, 0.5) is 13.2 Å². The number of fused-ring (bicyclic) bond motifs is 3. The fourth-order valence-corrected chi connectivity index (χ4v) is 2.28. The Labute approximate surface area is 112 Å². The summed E-state index contributed by atoms with van der Waals surface area (Å²) < 4.78 is 44.0. The normalized spacial score (nSPS) is 12.2. The summed E-state index contributed by atoms with van der Waals surface area (Å²) in [6.07, 6.45) is -4.47. The van der Waals surface area contributed by atoms with Crippen molar-refractivity contribution in [2.45, 2.75) is 13.1 Å². The lowest BCUT2D eigenvalue weighted by atomic mass is 10.1. The van der Waals surface area contributed by atoms with Gasteiger partial charge in [-0.1, -0.05) is 0 Å². The maximum Gasteiger partial charge on any atom is 0.419 e. The molecule has 1 N–H and O–H groups in total. The number of methoxy groups -OCH3 is 1. The third kappa shape index (κ3) is 1.88. The van der Waals surface area contributed by atoms with E-state index in [1.54, 1.807) is 19.1 Å². The van der Waals surface area contributed by atoms with Crippen molar-refractivity contribution in [3.8, 4) is 5.75 Å². The zero-order chi connectivity index (χ0) is 14.5. The fourth-order valence-electron chi connectivity index (χ4n) is 2.28. The van der Waals surface area contributed by atoms with Gasteiger partial charge < -0.3 is 9.72 Å². The number of nitrogens with one attached hydrogen (secondary N) is 1. The molecule has 0 aliphatic rings. The molecule has 6 heteroatoms. The predicted molar refractivity (Wildman–Crippen MR) is 69.9 cm³/mol. The van der Waals surface area contributed by atoms with Crippen LogP contribution in [0.2, 0.25) is 0 Å². The Hall–Kier alpha value is -2.24. The van der Waals surface area contributed by atoms with Crippen LogP contribution in [-0.4, -0.2) is 17.1 Å². The Morgan fingerprint density at radius 1 is 1.15 bits per heavy atom. The van der Waals surface area contributed by atoms with E-state index in [-0.39, 0.29) is 5.75 Å². The lowest BCUT2D eigenvalue weighted by molar-refractivity contribution is -0.138. The Morgan fingerprint density at radius 2 is 1.90 bits per heavy atom. The maximum absolute atomic E-state index is 13.0. The second kappa shape index (κ2) is 4.13. The van der Waals surface area contributed by atoms with Crippen molar-refractivity contribution in [1.82, 2.24) is 9.97 Å². The first-order valence-electron chi connectivity index (χ1n) is 5.94. The number of nitrogens with zero attached hydrogens (tertiary/aromatic N) is 1. The van der Waals surface area contributed by atoms with E-state index in [9.17, 15) is 13.2 Å². The quantitative estimate of drug-likeness (QED) is 0.730. The number of benzene rings is 1. The topological polar surface area (TPSA) is 37.9 Å². The van der Waals surface area contributed by atoms with Gasteiger partial charge in [-0.25, -0.2) is 0 Å². The Kier molecular flexibility index (Phi) is 2.64. The second-order valence-electron chi connectivity index (χ2n) is 4.57. The van der Waals surface area contributed by atoms with Crippen molar-refractivity contribution in [3.05, 3.63) is 35.5 Å². The van der Waals surface area contributed by atoms with E-state index in [0.717, 1.165) is 11.8 Å². The monoisotopic (exact) mass is 280 g/mol. The third-order valence-electron chi connectivity index (χ3n) is 3.20. The van der Waals surface area contributed by atoms with E-state index in [2.05, 4.69) is 9.97 Å². The largest absolute Gasteiger partial charge is 0.496 e. The molecular formula is C14H11F3N2O. The highest BCUT2D eigenvalue weighted by atomic mass is 19.4. The van der Waals surface area contributed by atoms with Crippen LogP contribution in [0, 0.1) is 6.92 Å². The number of hydrogen-bond acceptors (Lipinski definition) is 2. The van der Waals surface area contributed by atoms with Gasteiger partial charge in [-0.3, -0.25) is 4.98 Å². The van der Waals surface area contributed by atoms with Gasteiger partial charge in [0.1, 0.15) is 5.75 Å². The van der Waals surface area contributed by atoms with Crippen molar-refractivity contribution in [3.63, 3.8) is 0 Å². The molecule has 0 aliphatic heterocycles. The summed E-state index contributed by atoms with van der Waals surface area (Å²) in [5, 5.41) is 0.442. The molecule has 104 valence electrons. The first-order chi connectivity index (χ1) is 9.40. The number of hydrogen-bond donors (Lipinski definition) is 1. The first-order valence-corrected chi connectivity index (χ1v) is 5.94. The fraction of sp³-hybridized carbons (Fsp3) is 0.214. The number of halogens is 3. The Bertz CT molecular complexity index is 805. The molecule has 2 heterocycles. The van der Waals surface area contributed by atoms with Gasteiger partial charge in [-0.15, -0.1) is 0 Å². The number of pyridine rings is 1. The van der Waals surface area contributed by atoms with Crippen molar-refractivity contribution in [2.24, 2.45) is 0 Å². The summed E-state index contributed by atoms with van der Waals surface area (Å²) in [5.74, 6) is -0.201. The molecule has 3 nitrogen and oxygen atoms in total. The summed E-state index contributed by atoms with van der Waals surface area (Å²) in [4.78, 5) is 7.35. The molecule has 0 amide bonds. The molecule has 0 spiro atoms. The van der Waals surface area contributed by atoms with E-state index in [0.29, 0.717) is 21.9 Å². The lowest BCUT2D eigenvalue weighted by Gasteiger charge is -2.11.